The topological polar surface area (TPSA) is 44.5 Å². The predicted molar refractivity (Wildman–Crippen MR) is 57.2 cm³/mol. The lowest BCUT2D eigenvalue weighted by Gasteiger charge is -2.24. The summed E-state index contributed by atoms with van der Waals surface area (Å²) in [5, 5.41) is 0. The van der Waals surface area contributed by atoms with Gasteiger partial charge in [-0.05, 0) is 6.07 Å². The van der Waals surface area contributed by atoms with Crippen molar-refractivity contribution < 1.29 is 13.9 Å². The van der Waals surface area contributed by atoms with E-state index >= 15 is 0 Å². The zero-order valence-corrected chi connectivity index (χ0v) is 9.14. The third kappa shape index (κ3) is 2.16. The molecule has 2 rings (SSSR count). The third-order valence-corrected chi connectivity index (χ3v) is 2.34. The van der Waals surface area contributed by atoms with Gasteiger partial charge in [-0.1, -0.05) is 0 Å². The van der Waals surface area contributed by atoms with Gasteiger partial charge in [0.15, 0.2) is 11.5 Å². The quantitative estimate of drug-likeness (QED) is 0.807. The molecule has 3 nitrogen and oxygen atoms in total. The van der Waals surface area contributed by atoms with Crippen LogP contribution in [0.2, 0.25) is 0 Å². The number of methoxy groups -OCH3 is 1. The number of rotatable bonds is 1. The number of ether oxygens (including phenoxy) is 2. The lowest BCUT2D eigenvalue weighted by atomic mass is 10.0. The van der Waals surface area contributed by atoms with Gasteiger partial charge in [0, 0.05) is 24.1 Å². The van der Waals surface area contributed by atoms with E-state index in [1.807, 2.05) is 0 Å². The second kappa shape index (κ2) is 4.68. The van der Waals surface area contributed by atoms with Crippen LogP contribution in [0.4, 0.5) is 4.39 Å². The van der Waals surface area contributed by atoms with Crippen LogP contribution in [0, 0.1) is 5.82 Å². The van der Waals surface area contributed by atoms with Crippen molar-refractivity contribution >= 4 is 12.4 Å². The highest BCUT2D eigenvalue weighted by atomic mass is 35.5. The van der Waals surface area contributed by atoms with Crippen molar-refractivity contribution in [3.05, 3.63) is 23.5 Å². The van der Waals surface area contributed by atoms with E-state index in [1.165, 1.54) is 19.2 Å². The zero-order valence-electron chi connectivity index (χ0n) is 8.33. The summed E-state index contributed by atoms with van der Waals surface area (Å²) in [6.07, 6.45) is 0.708. The van der Waals surface area contributed by atoms with Crippen LogP contribution < -0.4 is 15.2 Å². The smallest absolute Gasteiger partial charge is 0.166 e. The van der Waals surface area contributed by atoms with Crippen LogP contribution in [0.3, 0.4) is 0 Å². The summed E-state index contributed by atoms with van der Waals surface area (Å²) >= 11 is 0. The van der Waals surface area contributed by atoms with Crippen LogP contribution >= 0.6 is 12.4 Å². The van der Waals surface area contributed by atoms with Crippen molar-refractivity contribution in [1.29, 1.82) is 0 Å². The maximum Gasteiger partial charge on any atom is 0.166 e. The molecule has 1 heterocycles. The Morgan fingerprint density at radius 3 is 2.93 bits per heavy atom. The monoisotopic (exact) mass is 233 g/mol. The molecule has 1 atom stereocenters. The number of nitrogens with two attached hydrogens (primary N) is 1. The van der Waals surface area contributed by atoms with Crippen molar-refractivity contribution in [2.75, 3.05) is 13.7 Å². The first kappa shape index (κ1) is 12.1. The summed E-state index contributed by atoms with van der Waals surface area (Å²) in [4.78, 5) is 0. The van der Waals surface area contributed by atoms with Gasteiger partial charge in [0.1, 0.15) is 5.82 Å². The number of fused-ring (bicyclic) bond motifs is 1. The van der Waals surface area contributed by atoms with Crippen molar-refractivity contribution in [2.24, 2.45) is 5.73 Å². The summed E-state index contributed by atoms with van der Waals surface area (Å²) in [5.41, 5.74) is 6.52. The van der Waals surface area contributed by atoms with E-state index in [1.54, 1.807) is 0 Å². The third-order valence-electron chi connectivity index (χ3n) is 2.34. The minimum Gasteiger partial charge on any atom is -0.493 e. The van der Waals surface area contributed by atoms with Gasteiger partial charge in [-0.2, -0.15) is 0 Å². The lowest BCUT2D eigenvalue weighted by molar-refractivity contribution is 0.251. The molecule has 84 valence electrons. The van der Waals surface area contributed by atoms with Gasteiger partial charge in [-0.3, -0.25) is 0 Å². The Balaban J connectivity index is 0.00000112. The van der Waals surface area contributed by atoms with E-state index in [4.69, 9.17) is 15.2 Å². The average molecular weight is 234 g/mol. The fraction of sp³-hybridized carbons (Fsp3) is 0.400. The largest absolute Gasteiger partial charge is 0.493 e. The predicted octanol–water partition coefficient (Wildman–Crippen LogP) is 2.04. The molecule has 0 aromatic heterocycles. The Bertz CT molecular complexity index is 360. The van der Waals surface area contributed by atoms with E-state index in [9.17, 15) is 4.39 Å². The minimum atomic E-state index is -0.346. The van der Waals surface area contributed by atoms with E-state index in [-0.39, 0.29) is 24.3 Å². The Hall–Kier alpha value is -1.00. The first-order valence-electron chi connectivity index (χ1n) is 4.48. The first-order chi connectivity index (χ1) is 6.72. The second-order valence-corrected chi connectivity index (χ2v) is 3.27. The number of halogens is 2. The molecule has 1 aliphatic heterocycles. The number of hydrogen-bond donors (Lipinski definition) is 1. The number of hydrogen-bond acceptors (Lipinski definition) is 3. The van der Waals surface area contributed by atoms with Crippen LogP contribution in [0.15, 0.2) is 12.1 Å². The molecule has 5 heteroatoms. The summed E-state index contributed by atoms with van der Waals surface area (Å²) < 4.78 is 23.5. The zero-order chi connectivity index (χ0) is 10.1. The van der Waals surface area contributed by atoms with E-state index in [0.717, 1.165) is 0 Å². The van der Waals surface area contributed by atoms with E-state index in [0.29, 0.717) is 30.1 Å². The van der Waals surface area contributed by atoms with Crippen LogP contribution in [-0.4, -0.2) is 13.7 Å². The molecule has 1 aliphatic rings. The molecule has 0 unspecified atom stereocenters. The Morgan fingerprint density at radius 2 is 2.27 bits per heavy atom. The molecule has 2 N–H and O–H groups in total. The fourth-order valence-corrected chi connectivity index (χ4v) is 1.61. The molecular weight excluding hydrogens is 221 g/mol. The van der Waals surface area contributed by atoms with Crippen LogP contribution in [0.5, 0.6) is 11.5 Å². The van der Waals surface area contributed by atoms with Gasteiger partial charge < -0.3 is 15.2 Å². The molecule has 0 saturated carbocycles. The Kier molecular flexibility index (Phi) is 3.77. The maximum absolute atomic E-state index is 13.1. The Labute approximate surface area is 93.8 Å². The van der Waals surface area contributed by atoms with Gasteiger partial charge in [-0.25, -0.2) is 4.39 Å². The summed E-state index contributed by atoms with van der Waals surface area (Å²) in [7, 11) is 1.48. The van der Waals surface area contributed by atoms with Gasteiger partial charge >= 0.3 is 0 Å². The molecule has 1 aromatic carbocycles. The fourth-order valence-electron chi connectivity index (χ4n) is 1.61. The van der Waals surface area contributed by atoms with Crippen LogP contribution in [-0.2, 0) is 0 Å². The Morgan fingerprint density at radius 1 is 1.53 bits per heavy atom. The molecule has 0 fully saturated rings. The molecular formula is C10H13ClFNO2. The summed E-state index contributed by atoms with van der Waals surface area (Å²) in [5.74, 6) is 0.643. The first-order valence-corrected chi connectivity index (χ1v) is 4.48. The second-order valence-electron chi connectivity index (χ2n) is 3.27. The van der Waals surface area contributed by atoms with E-state index < -0.39 is 0 Å². The molecule has 0 spiro atoms. The normalized spacial score (nSPS) is 18.5. The van der Waals surface area contributed by atoms with Crippen molar-refractivity contribution in [2.45, 2.75) is 12.5 Å². The number of benzene rings is 1. The molecule has 15 heavy (non-hydrogen) atoms. The maximum atomic E-state index is 13.1. The van der Waals surface area contributed by atoms with Gasteiger partial charge in [-0.15, -0.1) is 12.4 Å². The summed E-state index contributed by atoms with van der Waals surface area (Å²) in [6.45, 7) is 0.552. The van der Waals surface area contributed by atoms with Crippen molar-refractivity contribution in [3.8, 4) is 11.5 Å². The van der Waals surface area contributed by atoms with Gasteiger partial charge in [0.2, 0.25) is 0 Å². The van der Waals surface area contributed by atoms with Gasteiger partial charge in [0.25, 0.3) is 0 Å². The van der Waals surface area contributed by atoms with Crippen molar-refractivity contribution in [3.63, 3.8) is 0 Å². The minimum absolute atomic E-state index is 0. The molecule has 0 aliphatic carbocycles. The van der Waals surface area contributed by atoms with Gasteiger partial charge in [0.05, 0.1) is 13.7 Å². The highest BCUT2D eigenvalue weighted by Crippen LogP contribution is 2.38. The SMILES string of the molecule is COc1cc(F)cc2c1OCC[C@H]2N.Cl. The molecule has 0 bridgehead atoms. The highest BCUT2D eigenvalue weighted by molar-refractivity contribution is 5.85. The molecule has 1 aromatic rings. The highest BCUT2D eigenvalue weighted by Gasteiger charge is 2.22. The molecule has 0 saturated heterocycles. The van der Waals surface area contributed by atoms with Crippen LogP contribution in [0.1, 0.15) is 18.0 Å². The van der Waals surface area contributed by atoms with Crippen molar-refractivity contribution in [1.82, 2.24) is 0 Å². The lowest BCUT2D eigenvalue weighted by Crippen LogP contribution is -2.21. The average Bonchev–Trinajstić information content (AvgIpc) is 2.18. The molecule has 0 radical (unpaired) electrons. The van der Waals surface area contributed by atoms with E-state index in [2.05, 4.69) is 0 Å². The summed E-state index contributed by atoms with van der Waals surface area (Å²) in [6, 6.07) is 2.54. The molecule has 0 amide bonds. The standard InChI is InChI=1S/C10H12FNO2.ClH/c1-13-9-5-6(11)4-7-8(12)2-3-14-10(7)9;/h4-5,8H,2-3,12H2,1H3;1H/t8-;/m1./s1. The van der Waals surface area contributed by atoms with Crippen LogP contribution in [0.25, 0.3) is 0 Å².